The van der Waals surface area contributed by atoms with E-state index in [4.69, 9.17) is 14.2 Å². The van der Waals surface area contributed by atoms with Gasteiger partial charge in [-0.1, -0.05) is 19.1 Å². The summed E-state index contributed by atoms with van der Waals surface area (Å²) in [6, 6.07) is 25.9. The predicted molar refractivity (Wildman–Crippen MR) is 192 cm³/mol. The van der Waals surface area contributed by atoms with Gasteiger partial charge in [-0.25, -0.2) is 4.39 Å². The molecule has 0 bridgehead atoms. The molecular weight excluding hydrogens is 653 g/mol. The van der Waals surface area contributed by atoms with Crippen molar-refractivity contribution >= 4 is 34.8 Å². The van der Waals surface area contributed by atoms with Crippen LogP contribution in [0, 0.1) is 11.8 Å². The monoisotopic (exact) mass is 695 g/mol. The van der Waals surface area contributed by atoms with Gasteiger partial charge in [-0.2, -0.15) is 0 Å². The van der Waals surface area contributed by atoms with Gasteiger partial charge < -0.3 is 34.9 Å². The highest BCUT2D eigenvalue weighted by molar-refractivity contribution is 6.09. The van der Waals surface area contributed by atoms with E-state index in [1.807, 2.05) is 19.1 Å². The molecule has 4 aromatic carbocycles. The maximum absolute atomic E-state index is 15.9. The summed E-state index contributed by atoms with van der Waals surface area (Å²) in [5.74, 6) is -1.03. The van der Waals surface area contributed by atoms with Gasteiger partial charge in [0, 0.05) is 46.5 Å². The molecule has 0 aromatic heterocycles. The number of aliphatic hydroxyl groups is 1. The van der Waals surface area contributed by atoms with E-state index in [1.165, 1.54) is 13.8 Å². The van der Waals surface area contributed by atoms with Gasteiger partial charge in [-0.15, -0.1) is 0 Å². The Labute approximate surface area is 296 Å². The van der Waals surface area contributed by atoms with E-state index >= 15 is 4.39 Å². The number of methoxy groups -OCH3 is 2. The second-order valence-corrected chi connectivity index (χ2v) is 13.5. The lowest BCUT2D eigenvalue weighted by Gasteiger charge is -2.32. The second kappa shape index (κ2) is 14.2. The topological polar surface area (TPSA) is 126 Å². The van der Waals surface area contributed by atoms with Crippen LogP contribution in [-0.4, -0.2) is 55.4 Å². The number of halogens is 1. The number of carbonyl (C=O) groups excluding carboxylic acids is 3. The first-order valence-corrected chi connectivity index (χ1v) is 16.8. The molecule has 1 spiro atoms. The lowest BCUT2D eigenvalue weighted by Crippen LogP contribution is -2.45. The SMILES string of the molecule is COc1ccc(C(=O)Nc2ccc(CN3C(=O)[C@]4(O[C@H](CCO)[C@@H](C(C)(C)F)[C@@H]4C)c4cc(NC(=O)c5ccc(OC)cc5)ccc43)cc2)cc1. The number of alkyl halides is 1. The van der Waals surface area contributed by atoms with Crippen molar-refractivity contribution in [2.24, 2.45) is 11.8 Å². The van der Waals surface area contributed by atoms with Gasteiger partial charge in [0.15, 0.2) is 5.60 Å². The molecule has 0 saturated carbocycles. The average molecular weight is 696 g/mol. The standard InChI is InChI=1S/C40H42FN3O7/c1-24-35(39(2,3)41)34(20-21-45)51-40(24)32-22-29(43-37(47)27-10-17-31(50-5)18-11-27)14-19-33(32)44(38(40)48)23-25-6-12-28(13-7-25)42-36(46)26-8-15-30(49-4)16-9-26/h6-19,22,24,34-35,45H,20-21,23H2,1-5H3,(H,42,46)(H,43,47)/t24-,34+,35-,40+/m0/s1. The van der Waals surface area contributed by atoms with Crippen molar-refractivity contribution in [3.8, 4) is 11.5 Å². The number of hydrogen-bond donors (Lipinski definition) is 3. The first-order chi connectivity index (χ1) is 24.4. The fourth-order valence-electron chi connectivity index (χ4n) is 7.45. The van der Waals surface area contributed by atoms with E-state index in [1.54, 1.807) is 98.0 Å². The molecule has 4 atom stereocenters. The number of nitrogens with zero attached hydrogens (tertiary/aromatic N) is 1. The average Bonchev–Trinajstić information content (AvgIpc) is 3.55. The summed E-state index contributed by atoms with van der Waals surface area (Å²) in [5.41, 5.74) is 0.512. The maximum Gasteiger partial charge on any atom is 0.264 e. The molecule has 0 radical (unpaired) electrons. The quantitative estimate of drug-likeness (QED) is 0.159. The molecule has 11 heteroatoms. The maximum atomic E-state index is 15.9. The van der Waals surface area contributed by atoms with Crippen molar-refractivity contribution in [2.45, 2.75) is 51.1 Å². The van der Waals surface area contributed by atoms with Gasteiger partial charge in [0.1, 0.15) is 17.2 Å². The number of fused-ring (bicyclic) bond motifs is 2. The third kappa shape index (κ3) is 6.79. The van der Waals surface area contributed by atoms with Crippen molar-refractivity contribution in [3.63, 3.8) is 0 Å². The van der Waals surface area contributed by atoms with Crippen molar-refractivity contribution in [2.75, 3.05) is 36.4 Å². The number of hydrogen-bond acceptors (Lipinski definition) is 7. The van der Waals surface area contributed by atoms with Crippen LogP contribution in [0.2, 0.25) is 0 Å². The van der Waals surface area contributed by atoms with Crippen LogP contribution in [0.15, 0.2) is 91.0 Å². The Kier molecular flexibility index (Phi) is 9.88. The number of anilines is 3. The molecule has 6 rings (SSSR count). The summed E-state index contributed by atoms with van der Waals surface area (Å²) in [6.45, 7) is 4.70. The molecular formula is C40H42FN3O7. The van der Waals surface area contributed by atoms with E-state index in [9.17, 15) is 19.5 Å². The third-order valence-corrected chi connectivity index (χ3v) is 9.89. The summed E-state index contributed by atoms with van der Waals surface area (Å²) >= 11 is 0. The Morgan fingerprint density at radius 2 is 1.39 bits per heavy atom. The fourth-order valence-corrected chi connectivity index (χ4v) is 7.45. The molecule has 0 aliphatic carbocycles. The summed E-state index contributed by atoms with van der Waals surface area (Å²) in [5, 5.41) is 15.7. The van der Waals surface area contributed by atoms with Gasteiger partial charge in [0.25, 0.3) is 17.7 Å². The van der Waals surface area contributed by atoms with Gasteiger partial charge >= 0.3 is 0 Å². The molecule has 3 N–H and O–H groups in total. The zero-order valence-corrected chi connectivity index (χ0v) is 29.2. The van der Waals surface area contributed by atoms with Gasteiger partial charge in [0.05, 0.1) is 32.6 Å². The predicted octanol–water partition coefficient (Wildman–Crippen LogP) is 6.73. The summed E-state index contributed by atoms with van der Waals surface area (Å²) in [6.07, 6.45) is -0.572. The summed E-state index contributed by atoms with van der Waals surface area (Å²) in [7, 11) is 3.11. The molecule has 2 heterocycles. The Morgan fingerprint density at radius 3 is 1.90 bits per heavy atom. The third-order valence-electron chi connectivity index (χ3n) is 9.89. The highest BCUT2D eigenvalue weighted by Gasteiger charge is 2.66. The number of nitrogens with one attached hydrogen (secondary N) is 2. The molecule has 4 aromatic rings. The smallest absolute Gasteiger partial charge is 0.264 e. The van der Waals surface area contributed by atoms with Gasteiger partial charge in [-0.3, -0.25) is 14.4 Å². The Bertz CT molecular complexity index is 1910. The van der Waals surface area contributed by atoms with E-state index in [-0.39, 0.29) is 37.3 Å². The van der Waals surface area contributed by atoms with Crippen LogP contribution in [0.3, 0.4) is 0 Å². The van der Waals surface area contributed by atoms with Crippen molar-refractivity contribution < 1.29 is 38.1 Å². The number of amides is 3. The zero-order chi connectivity index (χ0) is 36.5. The molecule has 0 unspecified atom stereocenters. The molecule has 2 aliphatic rings. The van der Waals surface area contributed by atoms with Crippen molar-refractivity contribution in [3.05, 3.63) is 113 Å². The highest BCUT2D eigenvalue weighted by atomic mass is 19.1. The van der Waals surface area contributed by atoms with E-state index < -0.39 is 29.2 Å². The highest BCUT2D eigenvalue weighted by Crippen LogP contribution is 2.58. The minimum absolute atomic E-state index is 0.157. The molecule has 266 valence electrons. The van der Waals surface area contributed by atoms with Gasteiger partial charge in [-0.05, 0) is 105 Å². The number of aliphatic hydroxyl groups excluding tert-OH is 1. The largest absolute Gasteiger partial charge is 0.497 e. The molecule has 1 fully saturated rings. The lowest BCUT2D eigenvalue weighted by atomic mass is 9.71. The number of benzene rings is 4. The van der Waals surface area contributed by atoms with Crippen LogP contribution in [-0.2, 0) is 21.7 Å². The molecule has 10 nitrogen and oxygen atoms in total. The molecule has 3 amide bonds. The lowest BCUT2D eigenvalue weighted by molar-refractivity contribution is -0.146. The van der Waals surface area contributed by atoms with Crippen LogP contribution in [0.5, 0.6) is 11.5 Å². The fraction of sp³-hybridized carbons (Fsp3) is 0.325. The van der Waals surface area contributed by atoms with Crippen molar-refractivity contribution in [1.82, 2.24) is 0 Å². The van der Waals surface area contributed by atoms with Gasteiger partial charge in [0.2, 0.25) is 0 Å². The normalized spacial score (nSPS) is 21.0. The molecule has 1 saturated heterocycles. The summed E-state index contributed by atoms with van der Waals surface area (Å²) < 4.78 is 32.9. The Hall–Kier alpha value is -5.26. The van der Waals surface area contributed by atoms with E-state index in [0.29, 0.717) is 45.3 Å². The Morgan fingerprint density at radius 1 is 0.863 bits per heavy atom. The van der Waals surface area contributed by atoms with Crippen LogP contribution >= 0.6 is 0 Å². The van der Waals surface area contributed by atoms with Crippen LogP contribution in [0.25, 0.3) is 0 Å². The first-order valence-electron chi connectivity index (χ1n) is 16.8. The molecule has 2 aliphatic heterocycles. The molecule has 51 heavy (non-hydrogen) atoms. The second-order valence-electron chi connectivity index (χ2n) is 13.5. The summed E-state index contributed by atoms with van der Waals surface area (Å²) in [4.78, 5) is 42.3. The minimum Gasteiger partial charge on any atom is -0.497 e. The number of carbonyl (C=O) groups is 3. The minimum atomic E-state index is -1.72. The first kappa shape index (κ1) is 35.6. The van der Waals surface area contributed by atoms with Crippen LogP contribution in [0.4, 0.5) is 21.5 Å². The van der Waals surface area contributed by atoms with Crippen LogP contribution < -0.4 is 25.0 Å². The van der Waals surface area contributed by atoms with Crippen LogP contribution in [0.1, 0.15) is 59.0 Å². The van der Waals surface area contributed by atoms with E-state index in [0.717, 1.165) is 5.56 Å². The van der Waals surface area contributed by atoms with E-state index in [2.05, 4.69) is 10.6 Å². The number of ether oxygens (including phenoxy) is 3. The van der Waals surface area contributed by atoms with Crippen molar-refractivity contribution in [1.29, 1.82) is 0 Å². The number of rotatable bonds is 11. The zero-order valence-electron chi connectivity index (χ0n) is 29.2. The Balaban J connectivity index is 1.30.